The van der Waals surface area contributed by atoms with Gasteiger partial charge in [-0.1, -0.05) is 12.1 Å². The summed E-state index contributed by atoms with van der Waals surface area (Å²) in [4.78, 5) is 17.4. The largest absolute Gasteiger partial charge is 1.00 e. The molecule has 4 nitrogen and oxygen atoms in total. The predicted octanol–water partition coefficient (Wildman–Crippen LogP) is -2.81. The van der Waals surface area contributed by atoms with Gasteiger partial charge in [-0.05, 0) is 12.1 Å². The SMILES string of the molecule is Nc1ccccc1P(=O)(O)O.[H-].[Rb+]. The first-order valence-corrected chi connectivity index (χ1v) is 4.53. The summed E-state index contributed by atoms with van der Waals surface area (Å²) >= 11 is 0. The van der Waals surface area contributed by atoms with E-state index in [9.17, 15) is 4.57 Å². The van der Waals surface area contributed by atoms with Crippen molar-refractivity contribution in [2.75, 3.05) is 5.73 Å². The standard InChI is InChI=1S/C6H8NO3P.Rb.H/c7-5-3-1-2-4-6(5)11(8,9)10;;/h1-4H,7H2,(H2,8,9,10);;/q;+1;-1. The molecule has 0 bridgehead atoms. The van der Waals surface area contributed by atoms with Crippen molar-refractivity contribution in [2.45, 2.75) is 0 Å². The van der Waals surface area contributed by atoms with Crippen LogP contribution in [-0.4, -0.2) is 9.79 Å². The van der Waals surface area contributed by atoms with Crippen LogP contribution in [0.1, 0.15) is 1.43 Å². The molecule has 62 valence electrons. The summed E-state index contributed by atoms with van der Waals surface area (Å²) in [7, 11) is -4.18. The molecule has 4 N–H and O–H groups in total. The molecule has 0 aliphatic rings. The minimum absolute atomic E-state index is 0. The zero-order chi connectivity index (χ0) is 8.48. The molecule has 0 fully saturated rings. The maximum atomic E-state index is 10.7. The summed E-state index contributed by atoms with van der Waals surface area (Å²) in [6, 6.07) is 5.92. The van der Waals surface area contributed by atoms with Crippen LogP contribution in [0.5, 0.6) is 0 Å². The molecule has 0 amide bonds. The number of nitrogens with two attached hydrogens (primary N) is 1. The third-order valence-electron chi connectivity index (χ3n) is 1.25. The molecule has 1 aromatic rings. The molecule has 0 atom stereocenters. The molecule has 0 aromatic heterocycles. The number of para-hydroxylation sites is 1. The van der Waals surface area contributed by atoms with E-state index >= 15 is 0 Å². The molecule has 0 aliphatic heterocycles. The van der Waals surface area contributed by atoms with E-state index in [1.807, 2.05) is 0 Å². The quantitative estimate of drug-likeness (QED) is 0.376. The first-order valence-electron chi connectivity index (χ1n) is 2.92. The van der Waals surface area contributed by atoms with E-state index in [0.29, 0.717) is 0 Å². The molecule has 12 heavy (non-hydrogen) atoms. The van der Waals surface area contributed by atoms with Gasteiger partial charge in [0.15, 0.2) is 0 Å². The molecule has 0 spiro atoms. The molecule has 0 radical (unpaired) electrons. The molecule has 0 saturated carbocycles. The maximum absolute atomic E-state index is 10.7. The van der Waals surface area contributed by atoms with Gasteiger partial charge in [-0.15, -0.1) is 0 Å². The van der Waals surface area contributed by atoms with Crippen molar-refractivity contribution < 1.29 is 74.0 Å². The summed E-state index contributed by atoms with van der Waals surface area (Å²) in [5, 5.41) is -0.111. The van der Waals surface area contributed by atoms with Crippen molar-refractivity contribution in [1.29, 1.82) is 0 Å². The van der Waals surface area contributed by atoms with E-state index in [4.69, 9.17) is 15.5 Å². The van der Waals surface area contributed by atoms with Crippen LogP contribution in [0.3, 0.4) is 0 Å². The van der Waals surface area contributed by atoms with Gasteiger partial charge in [0.25, 0.3) is 0 Å². The van der Waals surface area contributed by atoms with Crippen LogP contribution in [0.2, 0.25) is 0 Å². The van der Waals surface area contributed by atoms with Gasteiger partial charge in [0, 0.05) is 5.69 Å². The second-order valence-electron chi connectivity index (χ2n) is 2.10. The molecule has 0 unspecified atom stereocenters. The van der Waals surface area contributed by atoms with Gasteiger partial charge >= 0.3 is 65.8 Å². The summed E-state index contributed by atoms with van der Waals surface area (Å²) in [6.07, 6.45) is 0. The van der Waals surface area contributed by atoms with Gasteiger partial charge in [0.05, 0.1) is 5.30 Å². The summed E-state index contributed by atoms with van der Waals surface area (Å²) < 4.78 is 10.7. The average Bonchev–Trinajstić information content (AvgIpc) is 1.86. The Bertz CT molecular complexity index is 317. The first-order chi connectivity index (χ1) is 5.02. The van der Waals surface area contributed by atoms with E-state index in [1.54, 1.807) is 6.07 Å². The molecular weight excluding hydrogens is 251 g/mol. The van der Waals surface area contributed by atoms with Crippen molar-refractivity contribution in [3.05, 3.63) is 24.3 Å². The second kappa shape index (κ2) is 5.01. The van der Waals surface area contributed by atoms with Crippen LogP contribution >= 0.6 is 7.60 Å². The average molecular weight is 260 g/mol. The van der Waals surface area contributed by atoms with Crippen LogP contribution in [-0.2, 0) is 4.57 Å². The fourth-order valence-electron chi connectivity index (χ4n) is 0.753. The van der Waals surface area contributed by atoms with E-state index in [2.05, 4.69) is 0 Å². The number of rotatable bonds is 1. The summed E-state index contributed by atoms with van der Waals surface area (Å²) in [6.45, 7) is 0. The van der Waals surface area contributed by atoms with Crippen molar-refractivity contribution in [3.63, 3.8) is 0 Å². The van der Waals surface area contributed by atoms with Gasteiger partial charge in [-0.2, -0.15) is 0 Å². The monoisotopic (exact) mass is 259 g/mol. The Morgan fingerprint density at radius 1 is 1.33 bits per heavy atom. The second-order valence-corrected chi connectivity index (χ2v) is 3.67. The molecule has 0 aliphatic carbocycles. The van der Waals surface area contributed by atoms with Crippen LogP contribution in [0.15, 0.2) is 24.3 Å². The zero-order valence-electron chi connectivity index (χ0n) is 7.64. The van der Waals surface area contributed by atoms with Crippen LogP contribution in [0, 0.1) is 0 Å². The van der Waals surface area contributed by atoms with Crippen LogP contribution < -0.4 is 69.2 Å². The minimum atomic E-state index is -4.18. The van der Waals surface area contributed by atoms with Crippen molar-refractivity contribution in [2.24, 2.45) is 0 Å². The molecule has 0 saturated heterocycles. The molecular formula is C6H9NO3PRb. The number of hydrogen-bond donors (Lipinski definition) is 3. The van der Waals surface area contributed by atoms with Crippen molar-refractivity contribution in [1.82, 2.24) is 0 Å². The van der Waals surface area contributed by atoms with Gasteiger partial charge in [0.2, 0.25) is 0 Å². The van der Waals surface area contributed by atoms with Crippen LogP contribution in [0.25, 0.3) is 0 Å². The Morgan fingerprint density at radius 2 is 1.83 bits per heavy atom. The maximum Gasteiger partial charge on any atom is 1.00 e. The first kappa shape index (κ1) is 13.0. The Hall–Kier alpha value is 0.975. The Labute approximate surface area is 121 Å². The topological polar surface area (TPSA) is 83.6 Å². The smallest absolute Gasteiger partial charge is 1.00 e. The third kappa shape index (κ3) is 3.38. The summed E-state index contributed by atoms with van der Waals surface area (Å²) in [5.41, 5.74) is 5.44. The van der Waals surface area contributed by atoms with E-state index in [-0.39, 0.29) is 70.6 Å². The number of benzene rings is 1. The van der Waals surface area contributed by atoms with Gasteiger partial charge in [-0.3, -0.25) is 4.57 Å². The molecule has 1 aromatic carbocycles. The Kier molecular flexibility index (Phi) is 5.41. The van der Waals surface area contributed by atoms with Crippen molar-refractivity contribution >= 4 is 18.6 Å². The van der Waals surface area contributed by atoms with Gasteiger partial charge < -0.3 is 16.9 Å². The van der Waals surface area contributed by atoms with E-state index in [1.165, 1.54) is 18.2 Å². The van der Waals surface area contributed by atoms with Gasteiger partial charge in [0.1, 0.15) is 0 Å². The molecule has 6 heteroatoms. The van der Waals surface area contributed by atoms with E-state index < -0.39 is 7.60 Å². The zero-order valence-corrected chi connectivity index (χ0v) is 12.4. The number of nitrogen functional groups attached to an aromatic ring is 1. The predicted molar refractivity (Wildman–Crippen MR) is 43.6 cm³/mol. The number of hydrogen-bond acceptors (Lipinski definition) is 2. The van der Waals surface area contributed by atoms with Crippen LogP contribution in [0.4, 0.5) is 5.69 Å². The van der Waals surface area contributed by atoms with Crippen molar-refractivity contribution in [3.8, 4) is 0 Å². The minimum Gasteiger partial charge on any atom is -1.00 e. The Balaban J connectivity index is 0. The molecule has 0 heterocycles. The number of anilines is 1. The molecule has 1 rings (SSSR count). The third-order valence-corrected chi connectivity index (χ3v) is 2.29. The summed E-state index contributed by atoms with van der Waals surface area (Å²) in [5.74, 6) is 0. The fraction of sp³-hybridized carbons (Fsp3) is 0. The van der Waals surface area contributed by atoms with E-state index in [0.717, 1.165) is 0 Å². The van der Waals surface area contributed by atoms with Gasteiger partial charge in [-0.25, -0.2) is 0 Å². The normalized spacial score (nSPS) is 10.5. The fourth-order valence-corrected chi connectivity index (χ4v) is 1.44. The Morgan fingerprint density at radius 3 is 2.17 bits per heavy atom.